The molecule has 1 heterocycles. The second kappa shape index (κ2) is 13.7. The van der Waals surface area contributed by atoms with Crippen molar-refractivity contribution in [3.63, 3.8) is 0 Å². The van der Waals surface area contributed by atoms with E-state index in [4.69, 9.17) is 4.99 Å². The lowest BCUT2D eigenvalue weighted by molar-refractivity contribution is 0.184. The van der Waals surface area contributed by atoms with Gasteiger partial charge in [-0.05, 0) is 135 Å². The summed E-state index contributed by atoms with van der Waals surface area (Å²) < 4.78 is 0. The molecule has 0 amide bonds. The number of rotatable bonds is 5. The molecule has 4 unspecified atom stereocenters. The van der Waals surface area contributed by atoms with Crippen molar-refractivity contribution in [2.24, 2.45) is 28.2 Å². The van der Waals surface area contributed by atoms with Crippen molar-refractivity contribution >= 4 is 22.6 Å². The van der Waals surface area contributed by atoms with Crippen LogP contribution in [0.4, 0.5) is 0 Å². The van der Waals surface area contributed by atoms with Gasteiger partial charge in [-0.3, -0.25) is 4.99 Å². The first-order valence-corrected chi connectivity index (χ1v) is 21.9. The van der Waals surface area contributed by atoms with E-state index in [9.17, 15) is 0 Å². The van der Waals surface area contributed by atoms with Gasteiger partial charge in [0.1, 0.15) is 6.17 Å². The second-order valence-electron chi connectivity index (χ2n) is 18.4. The fraction of sp³-hybridized carbons (Fsp3) is 0.327. The molecule has 2 fully saturated rings. The first-order valence-electron chi connectivity index (χ1n) is 21.9. The largest absolute Gasteiger partial charge is 0.360 e. The normalized spacial score (nSPS) is 26.5. The molecule has 284 valence electrons. The Morgan fingerprint density at radius 2 is 1.42 bits per heavy atom. The van der Waals surface area contributed by atoms with E-state index in [0.29, 0.717) is 17.3 Å². The zero-order valence-corrected chi connectivity index (χ0v) is 33.6. The summed E-state index contributed by atoms with van der Waals surface area (Å²) in [6.45, 7) is 4.97. The Balaban J connectivity index is 0.951. The first kappa shape index (κ1) is 35.0. The summed E-state index contributed by atoms with van der Waals surface area (Å²) in [5.41, 5.74) is 19.6. The predicted molar refractivity (Wildman–Crippen MR) is 238 cm³/mol. The molecule has 4 aromatic rings. The van der Waals surface area contributed by atoms with Gasteiger partial charge in [-0.1, -0.05) is 172 Å². The Kier molecular flexibility index (Phi) is 8.42. The van der Waals surface area contributed by atoms with Gasteiger partial charge in [0.2, 0.25) is 0 Å². The van der Waals surface area contributed by atoms with Gasteiger partial charge in [0.25, 0.3) is 0 Å². The Morgan fingerprint density at radius 1 is 0.684 bits per heavy atom. The zero-order valence-electron chi connectivity index (χ0n) is 33.6. The van der Waals surface area contributed by atoms with Gasteiger partial charge in [-0.25, -0.2) is 0 Å². The van der Waals surface area contributed by atoms with Crippen LogP contribution in [0, 0.1) is 23.2 Å². The zero-order chi connectivity index (χ0) is 38.1. The molecule has 2 saturated carbocycles. The number of nitrogens with one attached hydrogen (secondary N) is 1. The molecule has 7 aliphatic rings. The third-order valence-corrected chi connectivity index (χ3v) is 15.1. The van der Waals surface area contributed by atoms with Crippen LogP contribution in [0.25, 0.3) is 28.0 Å². The highest BCUT2D eigenvalue weighted by molar-refractivity contribution is 6.13. The summed E-state index contributed by atoms with van der Waals surface area (Å²) in [5.74, 6) is 2.02. The molecule has 2 nitrogen and oxygen atoms in total. The van der Waals surface area contributed by atoms with Crippen LogP contribution in [-0.2, 0) is 5.41 Å². The molecule has 11 rings (SSSR count). The SMILES string of the molecule is CC1(C)C2=CC3C4CCCC=C4C4(CCCCC4)C3C=C2c2c(-c3ccc(C4=CC(C5=CC=C(c6ccccc6)CC5)=NC(c5ccccc5)N4)cc3)cccc21. The third kappa shape index (κ3) is 5.69. The van der Waals surface area contributed by atoms with E-state index in [1.807, 2.05) is 5.57 Å². The molecule has 6 aliphatic carbocycles. The molecule has 1 spiro atoms. The molecule has 4 atom stereocenters. The van der Waals surface area contributed by atoms with Crippen molar-refractivity contribution in [1.82, 2.24) is 5.32 Å². The standard InChI is InChI=1S/C55H54N2/c1-54(2)47-22-14-20-42(52(47)45-34-49-44(33-48(45)54)43-19-10-11-21-46(43)55(49)31-12-5-13-32-55)38-25-29-40(30-26-38)51-35-50(56-53(57-51)41-17-8-4-9-18-41)39-27-23-37(24-28-39)36-15-6-3-7-16-36/h3-4,6-9,14-18,20-23,25-27,29-30,33-35,43-44,49,53,57H,5,10-13,19,24,28,31-32H2,1-2H3. The van der Waals surface area contributed by atoms with Gasteiger partial charge in [-0.15, -0.1) is 0 Å². The van der Waals surface area contributed by atoms with Crippen molar-refractivity contribution < 1.29 is 0 Å². The van der Waals surface area contributed by atoms with Crippen molar-refractivity contribution in [3.05, 3.63) is 184 Å². The average molecular weight is 743 g/mol. The smallest absolute Gasteiger partial charge is 0.145 e. The number of aliphatic imine (C=N–C) groups is 1. The van der Waals surface area contributed by atoms with Crippen LogP contribution >= 0.6 is 0 Å². The maximum Gasteiger partial charge on any atom is 0.145 e. The van der Waals surface area contributed by atoms with Crippen molar-refractivity contribution in [2.75, 3.05) is 0 Å². The Bertz CT molecular complexity index is 2460. The third-order valence-electron chi connectivity index (χ3n) is 15.1. The molecule has 0 aromatic heterocycles. The fourth-order valence-electron chi connectivity index (χ4n) is 12.3. The van der Waals surface area contributed by atoms with E-state index >= 15 is 0 Å². The minimum atomic E-state index is -0.143. The van der Waals surface area contributed by atoms with Crippen LogP contribution in [0.15, 0.2) is 161 Å². The lowest BCUT2D eigenvalue weighted by Gasteiger charge is -2.42. The number of benzene rings is 4. The van der Waals surface area contributed by atoms with E-state index in [1.54, 1.807) is 5.57 Å². The van der Waals surface area contributed by atoms with Gasteiger partial charge in [0.05, 0.1) is 5.71 Å². The maximum atomic E-state index is 5.30. The summed E-state index contributed by atoms with van der Waals surface area (Å²) in [6.07, 6.45) is 28.0. The van der Waals surface area contributed by atoms with E-state index in [0.717, 1.165) is 30.2 Å². The molecular weight excluding hydrogens is 689 g/mol. The molecule has 2 heteroatoms. The Labute approximate surface area is 339 Å². The lowest BCUT2D eigenvalue weighted by Crippen LogP contribution is -2.32. The Hall–Kier alpha value is -5.21. The highest BCUT2D eigenvalue weighted by atomic mass is 15.1. The number of fused-ring (bicyclic) bond motifs is 8. The van der Waals surface area contributed by atoms with Crippen LogP contribution in [0.1, 0.15) is 112 Å². The lowest BCUT2D eigenvalue weighted by atomic mass is 9.62. The van der Waals surface area contributed by atoms with Crippen LogP contribution in [-0.4, -0.2) is 5.71 Å². The maximum absolute atomic E-state index is 5.30. The summed E-state index contributed by atoms with van der Waals surface area (Å²) in [4.78, 5) is 5.30. The van der Waals surface area contributed by atoms with Gasteiger partial charge in [0.15, 0.2) is 0 Å². The second-order valence-corrected chi connectivity index (χ2v) is 18.4. The molecule has 0 bridgehead atoms. The van der Waals surface area contributed by atoms with E-state index in [2.05, 4.69) is 159 Å². The number of allylic oxidation sites excluding steroid dienone is 11. The van der Waals surface area contributed by atoms with Gasteiger partial charge >= 0.3 is 0 Å². The highest BCUT2D eigenvalue weighted by Crippen LogP contribution is 2.67. The topological polar surface area (TPSA) is 24.4 Å². The predicted octanol–water partition coefficient (Wildman–Crippen LogP) is 13.8. The van der Waals surface area contributed by atoms with E-state index in [-0.39, 0.29) is 11.6 Å². The molecule has 1 N–H and O–H groups in total. The van der Waals surface area contributed by atoms with E-state index in [1.165, 1.54) is 107 Å². The number of hydrogen-bond acceptors (Lipinski definition) is 2. The average Bonchev–Trinajstić information content (AvgIpc) is 3.67. The van der Waals surface area contributed by atoms with Crippen LogP contribution in [0.2, 0.25) is 0 Å². The number of hydrogen-bond donors (Lipinski definition) is 1. The molecule has 1 aliphatic heterocycles. The molecule has 57 heavy (non-hydrogen) atoms. The first-order chi connectivity index (χ1) is 28.0. The minimum Gasteiger partial charge on any atom is -0.360 e. The fourth-order valence-corrected chi connectivity index (χ4v) is 12.3. The van der Waals surface area contributed by atoms with Gasteiger partial charge < -0.3 is 5.32 Å². The van der Waals surface area contributed by atoms with Crippen molar-refractivity contribution in [3.8, 4) is 11.1 Å². The van der Waals surface area contributed by atoms with Crippen molar-refractivity contribution in [2.45, 2.75) is 89.6 Å². The van der Waals surface area contributed by atoms with Crippen LogP contribution in [0.3, 0.4) is 0 Å². The van der Waals surface area contributed by atoms with Gasteiger partial charge in [0, 0.05) is 11.1 Å². The Morgan fingerprint density at radius 3 is 2.19 bits per heavy atom. The van der Waals surface area contributed by atoms with Crippen LogP contribution in [0.5, 0.6) is 0 Å². The minimum absolute atomic E-state index is 0.00713. The highest BCUT2D eigenvalue weighted by Gasteiger charge is 2.57. The number of nitrogens with zero attached hydrogens (tertiary/aromatic N) is 1. The molecular formula is C55H54N2. The van der Waals surface area contributed by atoms with E-state index < -0.39 is 0 Å². The molecule has 0 saturated heterocycles. The molecule has 4 aromatic carbocycles. The van der Waals surface area contributed by atoms with Crippen molar-refractivity contribution in [1.29, 1.82) is 0 Å². The van der Waals surface area contributed by atoms with Gasteiger partial charge in [-0.2, -0.15) is 0 Å². The summed E-state index contributed by atoms with van der Waals surface area (Å²) >= 11 is 0. The summed E-state index contributed by atoms with van der Waals surface area (Å²) in [6, 6.07) is 37.9. The summed E-state index contributed by atoms with van der Waals surface area (Å²) in [7, 11) is 0. The molecule has 0 radical (unpaired) electrons. The monoisotopic (exact) mass is 742 g/mol. The summed E-state index contributed by atoms with van der Waals surface area (Å²) in [5, 5.41) is 3.82. The van der Waals surface area contributed by atoms with Crippen LogP contribution < -0.4 is 5.32 Å². The quantitative estimate of drug-likeness (QED) is 0.202.